The highest BCUT2D eigenvalue weighted by Crippen LogP contribution is 2.67. The minimum absolute atomic E-state index is 0.424. The lowest BCUT2D eigenvalue weighted by atomic mass is 9.86. The first-order chi connectivity index (χ1) is 25.0. The van der Waals surface area contributed by atoms with Crippen LogP contribution in [0.4, 0.5) is 0 Å². The summed E-state index contributed by atoms with van der Waals surface area (Å²) in [5.74, 6) is 7.76. The summed E-state index contributed by atoms with van der Waals surface area (Å²) in [4.78, 5) is 0. The predicted molar refractivity (Wildman–Crippen MR) is 223 cm³/mol. The van der Waals surface area contributed by atoms with E-state index in [2.05, 4.69) is 231 Å². The molecule has 0 N–H and O–H groups in total. The fourth-order valence-electron chi connectivity index (χ4n) is 8.67. The number of rotatable bonds is 6. The van der Waals surface area contributed by atoms with Crippen molar-refractivity contribution in [2.24, 2.45) is 0 Å². The van der Waals surface area contributed by atoms with Crippen LogP contribution in [0.15, 0.2) is 182 Å². The Labute approximate surface area is 309 Å². The molecule has 0 amide bonds. The smallest absolute Gasteiger partial charge is 0.108 e. The van der Waals surface area contributed by atoms with E-state index in [1.54, 1.807) is 0 Å². The molecule has 6 aromatic carbocycles. The summed E-state index contributed by atoms with van der Waals surface area (Å²) in [6.07, 6.45) is 0. The zero-order chi connectivity index (χ0) is 35.3. The van der Waals surface area contributed by atoms with Gasteiger partial charge in [0.15, 0.2) is 0 Å². The Bertz CT molecular complexity index is 2080. The normalized spacial score (nSPS) is 19.3. The summed E-state index contributed by atoms with van der Waals surface area (Å²) >= 11 is 0. The summed E-state index contributed by atoms with van der Waals surface area (Å²) < 4.78 is -0.848. The maximum absolute atomic E-state index is 4.35. The molecule has 1 heterocycles. The van der Waals surface area contributed by atoms with Crippen molar-refractivity contribution in [1.82, 2.24) is 0 Å². The molecule has 2 unspecified atom stereocenters. The van der Waals surface area contributed by atoms with Gasteiger partial charge in [0.25, 0.3) is 0 Å². The average Bonchev–Trinajstić information content (AvgIpc) is 3.44. The molecule has 1 aliphatic heterocycles. The molecule has 0 nitrogen and oxygen atoms in total. The molecule has 0 spiro atoms. The third kappa shape index (κ3) is 5.63. The number of allylic oxidation sites excluding steroid dienone is 2. The van der Waals surface area contributed by atoms with Crippen LogP contribution in [0.25, 0.3) is 11.1 Å². The van der Waals surface area contributed by atoms with Crippen LogP contribution in [0.1, 0.15) is 33.4 Å². The van der Waals surface area contributed by atoms with Crippen molar-refractivity contribution in [3.63, 3.8) is 0 Å². The summed E-state index contributed by atoms with van der Waals surface area (Å²) in [5.41, 5.74) is 18.8. The summed E-state index contributed by atoms with van der Waals surface area (Å²) in [6.45, 7) is 10.1. The SMILES string of the molecule is C[Si](C)C1(c2ccccc2)C(c2ccccc2)=C(c2ccccc2)C(c2ccccc2)([Si](C)C)[Si]1(C#Cc1ccccc1)C#Cc1ccccc1. The largest absolute Gasteiger partial charge is 0.240 e. The molecule has 0 saturated heterocycles. The van der Waals surface area contributed by atoms with E-state index in [9.17, 15) is 0 Å². The highest BCUT2D eigenvalue weighted by Gasteiger charge is 2.75. The van der Waals surface area contributed by atoms with Crippen LogP contribution in [0.2, 0.25) is 26.2 Å². The van der Waals surface area contributed by atoms with Crippen LogP contribution < -0.4 is 0 Å². The number of hydrogen-bond acceptors (Lipinski definition) is 0. The van der Waals surface area contributed by atoms with Gasteiger partial charge in [-0.15, -0.1) is 11.1 Å². The molecule has 0 aliphatic carbocycles. The Balaban J connectivity index is 1.83. The fourth-order valence-corrected chi connectivity index (χ4v) is 24.5. The van der Waals surface area contributed by atoms with Gasteiger partial charge in [-0.3, -0.25) is 0 Å². The molecule has 3 heteroatoms. The quantitative estimate of drug-likeness (QED) is 0.120. The Kier molecular flexibility index (Phi) is 9.81. The van der Waals surface area contributed by atoms with Crippen LogP contribution >= 0.6 is 0 Å². The Morgan fingerprint density at radius 2 is 0.647 bits per heavy atom. The maximum Gasteiger partial charge on any atom is 0.240 e. The van der Waals surface area contributed by atoms with Crippen LogP contribution in [-0.4, -0.2) is 25.7 Å². The third-order valence-corrected chi connectivity index (χ3v) is 24.2. The van der Waals surface area contributed by atoms with E-state index in [0.717, 1.165) is 11.1 Å². The third-order valence-electron chi connectivity index (χ3n) is 10.5. The van der Waals surface area contributed by atoms with E-state index in [4.69, 9.17) is 0 Å². The van der Waals surface area contributed by atoms with E-state index in [1.807, 2.05) is 0 Å². The van der Waals surface area contributed by atoms with Gasteiger partial charge in [0.05, 0.1) is 17.6 Å². The Morgan fingerprint density at radius 1 is 0.373 bits per heavy atom. The van der Waals surface area contributed by atoms with E-state index in [-0.39, 0.29) is 0 Å². The van der Waals surface area contributed by atoms with Crippen molar-refractivity contribution >= 4 is 36.8 Å². The molecule has 246 valence electrons. The van der Waals surface area contributed by atoms with Gasteiger partial charge in [-0.1, -0.05) is 196 Å². The first-order valence-electron chi connectivity index (χ1n) is 17.7. The van der Waals surface area contributed by atoms with Crippen LogP contribution in [-0.2, 0) is 9.32 Å². The van der Waals surface area contributed by atoms with Gasteiger partial charge in [0.1, 0.15) is 0 Å². The van der Waals surface area contributed by atoms with Crippen molar-refractivity contribution in [1.29, 1.82) is 0 Å². The lowest BCUT2D eigenvalue weighted by Crippen LogP contribution is -2.72. The van der Waals surface area contributed by atoms with Crippen molar-refractivity contribution in [3.05, 3.63) is 215 Å². The van der Waals surface area contributed by atoms with Gasteiger partial charge >= 0.3 is 0 Å². The van der Waals surface area contributed by atoms with Gasteiger partial charge < -0.3 is 0 Å². The van der Waals surface area contributed by atoms with E-state index < -0.39 is 35.0 Å². The molecule has 0 bridgehead atoms. The molecule has 51 heavy (non-hydrogen) atoms. The lowest BCUT2D eigenvalue weighted by Gasteiger charge is -2.52. The number of benzene rings is 6. The van der Waals surface area contributed by atoms with Crippen molar-refractivity contribution in [3.8, 4) is 22.9 Å². The lowest BCUT2D eigenvalue weighted by molar-refractivity contribution is 0.983. The van der Waals surface area contributed by atoms with E-state index >= 15 is 0 Å². The molecular weight excluding hydrogens is 661 g/mol. The van der Waals surface area contributed by atoms with Gasteiger partial charge in [-0.2, -0.15) is 0 Å². The maximum atomic E-state index is 4.35. The molecule has 6 aromatic rings. The monoisotopic (exact) mass is 702 g/mol. The molecule has 2 atom stereocenters. The first-order valence-corrected chi connectivity index (χ1v) is 24.7. The van der Waals surface area contributed by atoms with E-state index in [1.165, 1.54) is 33.4 Å². The Morgan fingerprint density at radius 3 is 0.941 bits per heavy atom. The van der Waals surface area contributed by atoms with Crippen molar-refractivity contribution in [2.75, 3.05) is 0 Å². The first kappa shape index (κ1) is 34.3. The molecule has 0 saturated carbocycles. The van der Waals surface area contributed by atoms with Gasteiger partial charge in [0, 0.05) is 20.4 Å². The van der Waals surface area contributed by atoms with E-state index in [0.29, 0.717) is 0 Å². The minimum atomic E-state index is -3.36. The Hall–Kier alpha value is -5.17. The predicted octanol–water partition coefficient (Wildman–Crippen LogP) is 10.8. The summed E-state index contributed by atoms with van der Waals surface area (Å²) in [5, 5.41) is 0. The van der Waals surface area contributed by atoms with Gasteiger partial charge in [-0.05, 0) is 57.7 Å². The van der Waals surface area contributed by atoms with Crippen molar-refractivity contribution in [2.45, 2.75) is 35.5 Å². The molecule has 1 aliphatic rings. The zero-order valence-corrected chi connectivity index (χ0v) is 32.8. The summed E-state index contributed by atoms with van der Waals surface area (Å²) in [7, 11) is -5.89. The molecule has 0 aromatic heterocycles. The standard InChI is InChI=1S/C48H42Si3/c1-49(2)47(43-31-19-9-20-32-43)45(41-27-15-7-16-28-41)46(42-29-17-8-18-30-42)48(50(3)4,44-33-21-10-22-34-44)51(47,37-35-39-23-11-5-12-24-39)38-36-40-25-13-6-14-26-40/h5-34H,1-4H3. The number of hydrogen-bond donors (Lipinski definition) is 0. The summed E-state index contributed by atoms with van der Waals surface area (Å²) in [6, 6.07) is 66.4. The van der Waals surface area contributed by atoms with Crippen LogP contribution in [0.5, 0.6) is 0 Å². The minimum Gasteiger partial charge on any atom is -0.108 e. The zero-order valence-electron chi connectivity index (χ0n) is 29.8. The molecule has 0 fully saturated rings. The average molecular weight is 703 g/mol. The molecular formula is C48H42Si3. The highest BCUT2D eigenvalue weighted by atomic mass is 28.4. The second-order valence-electron chi connectivity index (χ2n) is 13.7. The second-order valence-corrected chi connectivity index (χ2v) is 23.7. The fraction of sp³-hybridized carbons (Fsp3) is 0.125. The van der Waals surface area contributed by atoms with Gasteiger partial charge in [-0.25, -0.2) is 0 Å². The second kappa shape index (κ2) is 14.6. The van der Waals surface area contributed by atoms with Crippen LogP contribution in [0.3, 0.4) is 0 Å². The highest BCUT2D eigenvalue weighted by molar-refractivity contribution is 7.15. The van der Waals surface area contributed by atoms with Crippen molar-refractivity contribution < 1.29 is 0 Å². The topological polar surface area (TPSA) is 0 Å². The molecule has 7 rings (SSSR count). The van der Waals surface area contributed by atoms with Crippen LogP contribution in [0, 0.1) is 22.9 Å². The molecule has 2 radical (unpaired) electrons. The van der Waals surface area contributed by atoms with Gasteiger partial charge in [0.2, 0.25) is 8.07 Å².